The molecule has 0 heterocycles. The highest BCUT2D eigenvalue weighted by molar-refractivity contribution is 7.92. The largest absolute Gasteiger partial charge is 0.494 e. The number of hydrogen-bond donors (Lipinski definition) is 1. The smallest absolute Gasteiger partial charge is 0.264 e. The molecule has 0 aliphatic rings. The molecule has 11 heteroatoms. The second kappa shape index (κ2) is 15.1. The molecule has 0 aromatic heterocycles. The van der Waals surface area contributed by atoms with E-state index in [9.17, 15) is 18.0 Å². The van der Waals surface area contributed by atoms with Gasteiger partial charge in [0.15, 0.2) is 0 Å². The number of unbranched alkanes of at least 4 members (excludes halogenated alkanes) is 1. The summed E-state index contributed by atoms with van der Waals surface area (Å²) in [5.74, 6) is -0.341. The van der Waals surface area contributed by atoms with Crippen molar-refractivity contribution in [2.45, 2.75) is 51.1 Å². The van der Waals surface area contributed by atoms with Crippen LogP contribution in [0.2, 0.25) is 10.0 Å². The average Bonchev–Trinajstić information content (AvgIpc) is 2.97. The molecule has 3 rings (SSSR count). The Kier molecular flexibility index (Phi) is 11.9. The summed E-state index contributed by atoms with van der Waals surface area (Å²) < 4.78 is 34.2. The van der Waals surface area contributed by atoms with Crippen LogP contribution in [0.5, 0.6) is 5.75 Å². The van der Waals surface area contributed by atoms with Crippen molar-refractivity contribution in [3.63, 3.8) is 0 Å². The van der Waals surface area contributed by atoms with E-state index in [2.05, 4.69) is 5.32 Å². The van der Waals surface area contributed by atoms with Crippen LogP contribution in [0.3, 0.4) is 0 Å². The van der Waals surface area contributed by atoms with Gasteiger partial charge in [-0.25, -0.2) is 8.42 Å². The lowest BCUT2D eigenvalue weighted by atomic mass is 10.1. The average molecular weight is 621 g/mol. The van der Waals surface area contributed by atoms with Crippen LogP contribution in [0, 0.1) is 0 Å². The topological polar surface area (TPSA) is 96.0 Å². The third kappa shape index (κ3) is 8.61. The molecule has 3 aromatic carbocycles. The van der Waals surface area contributed by atoms with E-state index in [-0.39, 0.29) is 23.0 Å². The molecule has 0 aliphatic heterocycles. The standard InChI is InChI=1S/C30H35Cl2N3O5S/c1-4-6-18-33-30(37)22(3)34(20-23-12-17-27(31)28(32)19-23)29(36)21-35(24-13-15-25(16-14-24)40-5-2)41(38,39)26-10-8-7-9-11-26/h7-17,19,22H,4-6,18,20-21H2,1-3H3,(H,33,37)/t22-/m0/s1. The van der Waals surface area contributed by atoms with Gasteiger partial charge in [0.25, 0.3) is 10.0 Å². The summed E-state index contributed by atoms with van der Waals surface area (Å²) in [6.07, 6.45) is 1.69. The van der Waals surface area contributed by atoms with Crippen LogP contribution >= 0.6 is 23.2 Å². The second-order valence-electron chi connectivity index (χ2n) is 9.34. The normalized spacial score (nSPS) is 11.9. The van der Waals surface area contributed by atoms with Crippen LogP contribution in [0.15, 0.2) is 77.7 Å². The van der Waals surface area contributed by atoms with Gasteiger partial charge in [0.05, 0.1) is 27.2 Å². The van der Waals surface area contributed by atoms with E-state index in [1.807, 2.05) is 13.8 Å². The minimum absolute atomic E-state index is 0.0145. The fraction of sp³-hybridized carbons (Fsp3) is 0.333. The summed E-state index contributed by atoms with van der Waals surface area (Å²) in [5.41, 5.74) is 0.916. The maximum atomic E-state index is 14.0. The van der Waals surface area contributed by atoms with Gasteiger partial charge in [-0.3, -0.25) is 13.9 Å². The number of nitrogens with one attached hydrogen (secondary N) is 1. The Balaban J connectivity index is 2.00. The van der Waals surface area contributed by atoms with Gasteiger partial charge in [-0.1, -0.05) is 60.8 Å². The number of hydrogen-bond acceptors (Lipinski definition) is 5. The van der Waals surface area contributed by atoms with E-state index in [0.29, 0.717) is 34.5 Å². The highest BCUT2D eigenvalue weighted by Crippen LogP contribution is 2.27. The molecule has 41 heavy (non-hydrogen) atoms. The number of carbonyl (C=O) groups excluding carboxylic acids is 2. The molecule has 0 saturated carbocycles. The predicted molar refractivity (Wildman–Crippen MR) is 163 cm³/mol. The van der Waals surface area contributed by atoms with Gasteiger partial charge in [-0.05, 0) is 74.4 Å². The van der Waals surface area contributed by atoms with Gasteiger partial charge in [-0.2, -0.15) is 0 Å². The molecule has 220 valence electrons. The quantitative estimate of drug-likeness (QED) is 0.226. The van der Waals surface area contributed by atoms with Crippen molar-refractivity contribution in [2.24, 2.45) is 0 Å². The first-order valence-corrected chi connectivity index (χ1v) is 15.6. The van der Waals surface area contributed by atoms with Crippen LogP contribution in [0.1, 0.15) is 39.2 Å². The van der Waals surface area contributed by atoms with Gasteiger partial charge in [0.2, 0.25) is 11.8 Å². The molecule has 0 saturated heterocycles. The van der Waals surface area contributed by atoms with Crippen LogP contribution in [-0.4, -0.2) is 50.9 Å². The summed E-state index contributed by atoms with van der Waals surface area (Å²) in [4.78, 5) is 28.4. The third-order valence-electron chi connectivity index (χ3n) is 6.38. The molecule has 0 fully saturated rings. The second-order valence-corrected chi connectivity index (χ2v) is 12.0. The molecule has 0 aliphatic carbocycles. The molecular formula is C30H35Cl2N3O5S. The van der Waals surface area contributed by atoms with E-state index in [4.69, 9.17) is 27.9 Å². The van der Waals surface area contributed by atoms with Gasteiger partial charge in [-0.15, -0.1) is 0 Å². The maximum absolute atomic E-state index is 14.0. The van der Waals surface area contributed by atoms with Crippen molar-refractivity contribution in [3.8, 4) is 5.75 Å². The summed E-state index contributed by atoms with van der Waals surface area (Å²) in [6, 6.07) is 18.4. The first-order chi connectivity index (χ1) is 19.6. The van der Waals surface area contributed by atoms with E-state index < -0.39 is 28.5 Å². The number of carbonyl (C=O) groups is 2. The molecule has 2 amide bonds. The number of anilines is 1. The number of amides is 2. The first-order valence-electron chi connectivity index (χ1n) is 13.4. The molecule has 3 aromatic rings. The highest BCUT2D eigenvalue weighted by Gasteiger charge is 2.32. The molecule has 0 spiro atoms. The predicted octanol–water partition coefficient (Wildman–Crippen LogP) is 5.92. The molecule has 1 N–H and O–H groups in total. The Morgan fingerprint density at radius 3 is 2.24 bits per heavy atom. The van der Waals surface area contributed by atoms with Crippen LogP contribution in [-0.2, 0) is 26.2 Å². The number of sulfonamides is 1. The minimum Gasteiger partial charge on any atom is -0.494 e. The zero-order valence-electron chi connectivity index (χ0n) is 23.3. The van der Waals surface area contributed by atoms with Crippen molar-refractivity contribution in [3.05, 3.63) is 88.4 Å². The van der Waals surface area contributed by atoms with Gasteiger partial charge >= 0.3 is 0 Å². The summed E-state index contributed by atoms with van der Waals surface area (Å²) in [5, 5.41) is 3.52. The van der Waals surface area contributed by atoms with Crippen molar-refractivity contribution in [1.82, 2.24) is 10.2 Å². The molecule has 0 bridgehead atoms. The van der Waals surface area contributed by atoms with Crippen LogP contribution in [0.25, 0.3) is 0 Å². The van der Waals surface area contributed by atoms with Crippen molar-refractivity contribution in [2.75, 3.05) is 24.0 Å². The summed E-state index contributed by atoms with van der Waals surface area (Å²) in [7, 11) is -4.15. The zero-order chi connectivity index (χ0) is 30.0. The summed E-state index contributed by atoms with van der Waals surface area (Å²) in [6.45, 7) is 5.86. The molecule has 8 nitrogen and oxygen atoms in total. The van der Waals surface area contributed by atoms with Gasteiger partial charge in [0.1, 0.15) is 18.3 Å². The van der Waals surface area contributed by atoms with Crippen LogP contribution in [0.4, 0.5) is 5.69 Å². The first kappa shape index (κ1) is 32.2. The van der Waals surface area contributed by atoms with E-state index in [0.717, 1.165) is 17.1 Å². The minimum atomic E-state index is -4.15. The Morgan fingerprint density at radius 2 is 1.63 bits per heavy atom. The Bertz CT molecular complexity index is 1420. The Morgan fingerprint density at radius 1 is 0.951 bits per heavy atom. The molecular weight excluding hydrogens is 585 g/mol. The lowest BCUT2D eigenvalue weighted by Gasteiger charge is -2.32. The van der Waals surface area contributed by atoms with Crippen molar-refractivity contribution in [1.29, 1.82) is 0 Å². The molecule has 0 unspecified atom stereocenters. The highest BCUT2D eigenvalue weighted by atomic mass is 35.5. The van der Waals surface area contributed by atoms with Crippen LogP contribution < -0.4 is 14.4 Å². The van der Waals surface area contributed by atoms with E-state index >= 15 is 0 Å². The number of nitrogens with zero attached hydrogens (tertiary/aromatic N) is 2. The monoisotopic (exact) mass is 619 g/mol. The Hall–Kier alpha value is -3.27. The van der Waals surface area contributed by atoms with Gasteiger partial charge in [0, 0.05) is 13.1 Å². The van der Waals surface area contributed by atoms with E-state index in [1.165, 1.54) is 17.0 Å². The number of benzene rings is 3. The summed E-state index contributed by atoms with van der Waals surface area (Å²) >= 11 is 12.3. The SMILES string of the molecule is CCCCNC(=O)[C@H](C)N(Cc1ccc(Cl)c(Cl)c1)C(=O)CN(c1ccc(OCC)cc1)S(=O)(=O)c1ccccc1. The number of halogens is 2. The van der Waals surface area contributed by atoms with E-state index in [1.54, 1.807) is 67.6 Å². The van der Waals surface area contributed by atoms with Crippen molar-refractivity contribution >= 4 is 50.7 Å². The fourth-order valence-electron chi connectivity index (χ4n) is 4.08. The Labute approximate surface area is 252 Å². The molecule has 1 atom stereocenters. The zero-order valence-corrected chi connectivity index (χ0v) is 25.7. The lowest BCUT2D eigenvalue weighted by molar-refractivity contribution is -0.139. The third-order valence-corrected chi connectivity index (χ3v) is 8.91. The van der Waals surface area contributed by atoms with Gasteiger partial charge < -0.3 is 15.0 Å². The fourth-order valence-corrected chi connectivity index (χ4v) is 5.83. The number of rotatable bonds is 14. The lowest BCUT2D eigenvalue weighted by Crippen LogP contribution is -2.51. The number of ether oxygens (including phenoxy) is 1. The van der Waals surface area contributed by atoms with Crippen molar-refractivity contribution < 1.29 is 22.7 Å². The maximum Gasteiger partial charge on any atom is 0.264 e. The molecule has 0 radical (unpaired) electrons.